The molecule has 27 heavy (non-hydrogen) atoms. The number of nitrogens with zero attached hydrogens (tertiary/aromatic N) is 5. The number of hydrogen-bond acceptors (Lipinski definition) is 7. The summed E-state index contributed by atoms with van der Waals surface area (Å²) in [6, 6.07) is 12.1. The van der Waals surface area contributed by atoms with Crippen molar-refractivity contribution in [3.8, 4) is 5.69 Å². The van der Waals surface area contributed by atoms with E-state index in [1.54, 1.807) is 10.7 Å². The lowest BCUT2D eigenvalue weighted by molar-refractivity contribution is -0.113. The van der Waals surface area contributed by atoms with Gasteiger partial charge in [-0.15, -0.1) is 5.10 Å². The van der Waals surface area contributed by atoms with Crippen molar-refractivity contribution in [1.29, 1.82) is 0 Å². The van der Waals surface area contributed by atoms with Crippen LogP contribution in [0.1, 0.15) is 5.56 Å². The van der Waals surface area contributed by atoms with Crippen LogP contribution in [-0.2, 0) is 4.79 Å². The second-order valence-electron chi connectivity index (χ2n) is 5.68. The van der Waals surface area contributed by atoms with Crippen molar-refractivity contribution in [2.75, 3.05) is 11.1 Å². The summed E-state index contributed by atoms with van der Waals surface area (Å²) < 4.78 is 15.5. The quantitative estimate of drug-likeness (QED) is 0.517. The summed E-state index contributed by atoms with van der Waals surface area (Å²) in [4.78, 5) is 16.5. The molecule has 0 atom stereocenters. The van der Waals surface area contributed by atoms with Gasteiger partial charge in [0.2, 0.25) is 11.1 Å². The molecule has 10 heteroatoms. The summed E-state index contributed by atoms with van der Waals surface area (Å²) in [5.74, 6) is -0.447. The van der Waals surface area contributed by atoms with E-state index in [0.29, 0.717) is 20.5 Å². The van der Waals surface area contributed by atoms with Crippen molar-refractivity contribution in [3.63, 3.8) is 0 Å². The van der Waals surface area contributed by atoms with E-state index in [-0.39, 0.29) is 17.5 Å². The number of aryl methyl sites for hydroxylation is 1. The fourth-order valence-electron chi connectivity index (χ4n) is 2.43. The first kappa shape index (κ1) is 17.6. The molecule has 7 nitrogen and oxygen atoms in total. The van der Waals surface area contributed by atoms with Gasteiger partial charge in [-0.2, -0.15) is 4.68 Å². The Hall–Kier alpha value is -2.85. The largest absolute Gasteiger partial charge is 0.301 e. The molecule has 1 N–H and O–H groups in total. The van der Waals surface area contributed by atoms with Crippen LogP contribution in [0, 0.1) is 12.7 Å². The molecule has 0 saturated heterocycles. The normalized spacial score (nSPS) is 11.0. The minimum absolute atomic E-state index is 0.122. The molecule has 0 aliphatic heterocycles. The number of amides is 1. The van der Waals surface area contributed by atoms with Gasteiger partial charge in [0.1, 0.15) is 5.82 Å². The van der Waals surface area contributed by atoms with Gasteiger partial charge < -0.3 is 5.32 Å². The molecule has 0 bridgehead atoms. The molecule has 0 saturated carbocycles. The van der Waals surface area contributed by atoms with Crippen LogP contribution < -0.4 is 5.32 Å². The average Bonchev–Trinajstić information content (AvgIpc) is 3.25. The molecular formula is C17H13FN6OS2. The van der Waals surface area contributed by atoms with Crippen LogP contribution in [0.5, 0.6) is 0 Å². The number of carbonyl (C=O) groups is 1. The summed E-state index contributed by atoms with van der Waals surface area (Å²) in [6.07, 6.45) is 0. The maximum atomic E-state index is 13.3. The van der Waals surface area contributed by atoms with Crippen LogP contribution >= 0.6 is 23.1 Å². The van der Waals surface area contributed by atoms with Crippen LogP contribution in [0.4, 0.5) is 9.52 Å². The number of thiazole rings is 1. The number of aromatic nitrogens is 5. The molecule has 2 heterocycles. The van der Waals surface area contributed by atoms with Crippen LogP contribution in [0.2, 0.25) is 0 Å². The Morgan fingerprint density at radius 2 is 2.19 bits per heavy atom. The average molecular weight is 400 g/mol. The Morgan fingerprint density at radius 1 is 1.30 bits per heavy atom. The molecule has 0 spiro atoms. The van der Waals surface area contributed by atoms with Crippen molar-refractivity contribution in [2.45, 2.75) is 12.1 Å². The monoisotopic (exact) mass is 400 g/mol. The third kappa shape index (κ3) is 3.96. The van der Waals surface area contributed by atoms with Crippen molar-refractivity contribution in [1.82, 2.24) is 25.2 Å². The fourth-order valence-corrected chi connectivity index (χ4v) is 4.03. The number of carbonyl (C=O) groups excluding carboxylic acids is 1. The van der Waals surface area contributed by atoms with Gasteiger partial charge in [-0.25, -0.2) is 9.37 Å². The van der Waals surface area contributed by atoms with Gasteiger partial charge in [0.25, 0.3) is 0 Å². The van der Waals surface area contributed by atoms with Crippen LogP contribution in [0.15, 0.2) is 47.6 Å². The first-order chi connectivity index (χ1) is 13.1. The SMILES string of the molecule is Cc1cccc(-n2nnnc2SCC(=O)Nc2nc3ccc(F)cc3s2)c1. The van der Waals surface area contributed by atoms with E-state index in [4.69, 9.17) is 0 Å². The van der Waals surface area contributed by atoms with Gasteiger partial charge in [-0.1, -0.05) is 35.2 Å². The predicted molar refractivity (Wildman–Crippen MR) is 103 cm³/mol. The Labute approximate surface area is 161 Å². The molecule has 0 aliphatic carbocycles. The molecule has 0 radical (unpaired) electrons. The van der Waals surface area contributed by atoms with E-state index < -0.39 is 0 Å². The number of fused-ring (bicyclic) bond motifs is 1. The van der Waals surface area contributed by atoms with Crippen molar-refractivity contribution < 1.29 is 9.18 Å². The summed E-state index contributed by atoms with van der Waals surface area (Å²) in [5.41, 5.74) is 2.56. The van der Waals surface area contributed by atoms with Crippen LogP contribution in [0.25, 0.3) is 15.9 Å². The maximum Gasteiger partial charge on any atom is 0.236 e. The zero-order valence-corrected chi connectivity index (χ0v) is 15.7. The first-order valence-electron chi connectivity index (χ1n) is 7.93. The van der Waals surface area contributed by atoms with E-state index in [0.717, 1.165) is 11.3 Å². The molecule has 1 amide bonds. The molecule has 2 aromatic carbocycles. The van der Waals surface area contributed by atoms with Crippen molar-refractivity contribution >= 4 is 44.4 Å². The van der Waals surface area contributed by atoms with E-state index in [9.17, 15) is 9.18 Å². The Bertz CT molecular complexity index is 1130. The summed E-state index contributed by atoms with van der Waals surface area (Å²) in [5, 5.41) is 15.3. The Morgan fingerprint density at radius 3 is 3.04 bits per heavy atom. The number of anilines is 1. The highest BCUT2D eigenvalue weighted by atomic mass is 32.2. The number of tetrazole rings is 1. The second-order valence-corrected chi connectivity index (χ2v) is 7.65. The predicted octanol–water partition coefficient (Wildman–Crippen LogP) is 3.45. The molecular weight excluding hydrogens is 387 g/mol. The minimum Gasteiger partial charge on any atom is -0.301 e. The van der Waals surface area contributed by atoms with Crippen molar-refractivity contribution in [2.24, 2.45) is 0 Å². The van der Waals surface area contributed by atoms with Crippen molar-refractivity contribution in [3.05, 3.63) is 53.8 Å². The standard InChI is InChI=1S/C17H13FN6OS2/c1-10-3-2-4-12(7-10)24-17(21-22-23-24)26-9-15(25)20-16-19-13-6-5-11(18)8-14(13)27-16/h2-8H,9H2,1H3,(H,19,20,25). The van der Waals surface area contributed by atoms with E-state index >= 15 is 0 Å². The lowest BCUT2D eigenvalue weighted by Crippen LogP contribution is -2.14. The molecule has 0 unspecified atom stereocenters. The summed E-state index contributed by atoms with van der Waals surface area (Å²) in [7, 11) is 0. The third-order valence-corrected chi connectivity index (χ3v) is 5.47. The van der Waals surface area contributed by atoms with Gasteiger partial charge >= 0.3 is 0 Å². The van der Waals surface area contributed by atoms with E-state index in [2.05, 4.69) is 25.8 Å². The lowest BCUT2D eigenvalue weighted by atomic mass is 10.2. The second kappa shape index (κ2) is 7.41. The minimum atomic E-state index is -0.331. The lowest BCUT2D eigenvalue weighted by Gasteiger charge is -2.05. The Kier molecular flexibility index (Phi) is 4.82. The molecule has 4 aromatic rings. The molecule has 136 valence electrons. The zero-order valence-electron chi connectivity index (χ0n) is 14.1. The topological polar surface area (TPSA) is 85.6 Å². The van der Waals surface area contributed by atoms with Gasteiger partial charge in [-0.3, -0.25) is 4.79 Å². The smallest absolute Gasteiger partial charge is 0.236 e. The number of hydrogen-bond donors (Lipinski definition) is 1. The number of nitrogens with one attached hydrogen (secondary N) is 1. The fraction of sp³-hybridized carbons (Fsp3) is 0.118. The number of rotatable bonds is 5. The summed E-state index contributed by atoms with van der Waals surface area (Å²) >= 11 is 2.45. The number of benzene rings is 2. The zero-order chi connectivity index (χ0) is 18.8. The molecule has 0 fully saturated rings. The van der Waals surface area contributed by atoms with Crippen LogP contribution in [0.3, 0.4) is 0 Å². The first-order valence-corrected chi connectivity index (χ1v) is 9.73. The number of thioether (sulfide) groups is 1. The van der Waals surface area contributed by atoms with Gasteiger partial charge in [0.15, 0.2) is 5.13 Å². The molecule has 2 aromatic heterocycles. The highest BCUT2D eigenvalue weighted by molar-refractivity contribution is 7.99. The molecule has 4 rings (SSSR count). The number of halogens is 1. The van der Waals surface area contributed by atoms with Crippen LogP contribution in [-0.4, -0.2) is 36.9 Å². The van der Waals surface area contributed by atoms with E-state index in [1.807, 2.05) is 31.2 Å². The van der Waals surface area contributed by atoms with E-state index in [1.165, 1.54) is 35.2 Å². The van der Waals surface area contributed by atoms with Gasteiger partial charge in [0, 0.05) is 0 Å². The van der Waals surface area contributed by atoms with Gasteiger partial charge in [-0.05, 0) is 53.2 Å². The Balaban J connectivity index is 1.43. The highest BCUT2D eigenvalue weighted by Gasteiger charge is 2.13. The third-order valence-electron chi connectivity index (χ3n) is 3.62. The molecule has 0 aliphatic rings. The highest BCUT2D eigenvalue weighted by Crippen LogP contribution is 2.27. The summed E-state index contributed by atoms with van der Waals surface area (Å²) in [6.45, 7) is 1.98. The van der Waals surface area contributed by atoms with Gasteiger partial charge in [0.05, 0.1) is 21.7 Å². The maximum absolute atomic E-state index is 13.3.